The van der Waals surface area contributed by atoms with Crippen LogP contribution in [0.25, 0.3) is 0 Å². The molecule has 6 nitrogen and oxygen atoms in total. The molecule has 20 heavy (non-hydrogen) atoms. The summed E-state index contributed by atoms with van der Waals surface area (Å²) < 4.78 is 59.3. The van der Waals surface area contributed by atoms with Gasteiger partial charge in [-0.3, -0.25) is 9.11 Å². The molecule has 2 unspecified atom stereocenters. The summed E-state index contributed by atoms with van der Waals surface area (Å²) in [6, 6.07) is 0. The first-order valence-corrected chi connectivity index (χ1v) is 10.7. The van der Waals surface area contributed by atoms with E-state index in [1.807, 2.05) is 13.8 Å². The van der Waals surface area contributed by atoms with Crippen molar-refractivity contribution in [1.82, 2.24) is 0 Å². The standard InChI is InChI=1S/C8H18O6S4.2Na.2H/c1-7(3-5-17(9,10)11)15-16-8(2)4-6-18(12,13)14;;;;/h7-8H,3-6H2,1-2H3,(H,9,10,11)(H,12,13,14);;;;/q;2*+1;2*-1. The van der Waals surface area contributed by atoms with Crippen molar-refractivity contribution in [1.29, 1.82) is 0 Å². The Morgan fingerprint density at radius 2 is 1.10 bits per heavy atom. The van der Waals surface area contributed by atoms with Gasteiger partial charge in [0.2, 0.25) is 0 Å². The zero-order chi connectivity index (χ0) is 14.4. The van der Waals surface area contributed by atoms with E-state index in [1.54, 1.807) is 0 Å². The van der Waals surface area contributed by atoms with Gasteiger partial charge in [0.05, 0.1) is 11.5 Å². The summed E-state index contributed by atoms with van der Waals surface area (Å²) in [6.07, 6.45) is 0.670. The molecular weight excluding hydrogens is 366 g/mol. The zero-order valence-corrected chi connectivity index (χ0v) is 19.4. The van der Waals surface area contributed by atoms with Crippen molar-refractivity contribution in [2.45, 2.75) is 37.2 Å². The fraction of sp³-hybridized carbons (Fsp3) is 1.00. The Balaban J connectivity index is -0.000000241. The number of hydrogen-bond donors (Lipinski definition) is 2. The van der Waals surface area contributed by atoms with Crippen LogP contribution in [-0.2, 0) is 20.2 Å². The van der Waals surface area contributed by atoms with Crippen molar-refractivity contribution >= 4 is 41.8 Å². The second-order valence-corrected chi connectivity index (χ2v) is 10.3. The van der Waals surface area contributed by atoms with E-state index < -0.39 is 20.2 Å². The normalized spacial score (nSPS) is 14.8. The fourth-order valence-electron chi connectivity index (χ4n) is 0.916. The Labute approximate surface area is 176 Å². The summed E-state index contributed by atoms with van der Waals surface area (Å²) in [7, 11) is -4.96. The smallest absolute Gasteiger partial charge is 1.00 e. The Morgan fingerprint density at radius 1 is 0.850 bits per heavy atom. The van der Waals surface area contributed by atoms with Crippen LogP contribution in [0.15, 0.2) is 0 Å². The Morgan fingerprint density at radius 3 is 1.30 bits per heavy atom. The molecule has 0 bridgehead atoms. The summed E-state index contributed by atoms with van der Waals surface area (Å²) in [5.74, 6) is -0.553. The predicted molar refractivity (Wildman–Crippen MR) is 78.4 cm³/mol. The molecule has 0 fully saturated rings. The van der Waals surface area contributed by atoms with Crippen LogP contribution in [0.5, 0.6) is 0 Å². The predicted octanol–water partition coefficient (Wildman–Crippen LogP) is -4.07. The molecule has 0 heterocycles. The van der Waals surface area contributed by atoms with Crippen molar-refractivity contribution in [3.05, 3.63) is 0 Å². The number of hydrogen-bond acceptors (Lipinski definition) is 6. The third-order valence-corrected chi connectivity index (χ3v) is 7.00. The second kappa shape index (κ2) is 12.9. The van der Waals surface area contributed by atoms with E-state index in [1.165, 1.54) is 21.6 Å². The first kappa shape index (κ1) is 27.4. The molecule has 12 heteroatoms. The zero-order valence-electron chi connectivity index (χ0n) is 14.1. The van der Waals surface area contributed by atoms with Gasteiger partial charge in [0.25, 0.3) is 20.2 Å². The van der Waals surface area contributed by atoms with E-state index in [0.29, 0.717) is 12.8 Å². The van der Waals surface area contributed by atoms with Crippen LogP contribution in [0.1, 0.15) is 29.5 Å². The second-order valence-electron chi connectivity index (χ2n) is 3.96. The van der Waals surface area contributed by atoms with Gasteiger partial charge in [-0.05, 0) is 12.8 Å². The van der Waals surface area contributed by atoms with Gasteiger partial charge in [-0.1, -0.05) is 35.4 Å². The van der Waals surface area contributed by atoms with Gasteiger partial charge in [0.1, 0.15) is 0 Å². The molecule has 2 atom stereocenters. The maximum absolute atomic E-state index is 10.5. The fourth-order valence-corrected chi connectivity index (χ4v) is 5.04. The van der Waals surface area contributed by atoms with Gasteiger partial charge in [0, 0.05) is 10.5 Å². The molecule has 0 aliphatic rings. The molecule has 0 aliphatic carbocycles. The minimum absolute atomic E-state index is 0. The van der Waals surface area contributed by atoms with E-state index in [2.05, 4.69) is 0 Å². The SMILES string of the molecule is CC(CCS(=O)(=O)O)SSC(C)CCS(=O)(=O)O.[H-].[H-].[Na+].[Na+]. The minimum Gasteiger partial charge on any atom is -1.00 e. The molecule has 0 aromatic heterocycles. The average molecular weight is 386 g/mol. The summed E-state index contributed by atoms with van der Waals surface area (Å²) in [4.78, 5) is 0. The molecule has 0 saturated carbocycles. The van der Waals surface area contributed by atoms with Gasteiger partial charge >= 0.3 is 59.1 Å². The van der Waals surface area contributed by atoms with Crippen LogP contribution < -0.4 is 59.1 Å². The van der Waals surface area contributed by atoms with E-state index in [-0.39, 0.29) is 84.0 Å². The quantitative estimate of drug-likeness (QED) is 0.234. The van der Waals surface area contributed by atoms with E-state index in [0.717, 1.165) is 0 Å². The third kappa shape index (κ3) is 20.5. The van der Waals surface area contributed by atoms with Gasteiger partial charge in [-0.25, -0.2) is 0 Å². The summed E-state index contributed by atoms with van der Waals surface area (Å²) in [5, 5.41) is 0.0650. The molecular formula is C8H20Na2O6S4. The first-order valence-electron chi connectivity index (χ1n) is 5.22. The summed E-state index contributed by atoms with van der Waals surface area (Å²) in [5.41, 5.74) is 0. The maximum atomic E-state index is 10.5. The van der Waals surface area contributed by atoms with E-state index in [9.17, 15) is 16.8 Å². The average Bonchev–Trinajstić information content (AvgIpc) is 2.18. The van der Waals surface area contributed by atoms with Crippen LogP contribution >= 0.6 is 21.6 Å². The molecule has 0 radical (unpaired) electrons. The van der Waals surface area contributed by atoms with Crippen molar-refractivity contribution < 1.29 is 87.9 Å². The third-order valence-electron chi connectivity index (χ3n) is 1.95. The van der Waals surface area contributed by atoms with E-state index >= 15 is 0 Å². The van der Waals surface area contributed by atoms with Crippen molar-refractivity contribution in [3.8, 4) is 0 Å². The van der Waals surface area contributed by atoms with Crippen molar-refractivity contribution in [3.63, 3.8) is 0 Å². The summed E-state index contributed by atoms with van der Waals surface area (Å²) in [6.45, 7) is 3.66. The van der Waals surface area contributed by atoms with Crippen LogP contribution in [0.2, 0.25) is 0 Å². The molecule has 0 aromatic carbocycles. The molecule has 0 amide bonds. The van der Waals surface area contributed by atoms with Crippen molar-refractivity contribution in [2.24, 2.45) is 0 Å². The first-order chi connectivity index (χ1) is 7.99. The monoisotopic (exact) mass is 386 g/mol. The Hall–Kier alpha value is 2.52. The van der Waals surface area contributed by atoms with Gasteiger partial charge < -0.3 is 2.85 Å². The molecule has 0 rings (SSSR count). The Kier molecular flexibility index (Phi) is 17.6. The maximum Gasteiger partial charge on any atom is 1.00 e. The van der Waals surface area contributed by atoms with Crippen LogP contribution in [0.4, 0.5) is 0 Å². The molecule has 0 aromatic rings. The molecule has 0 aliphatic heterocycles. The Bertz CT molecular complexity index is 406. The largest absolute Gasteiger partial charge is 1.00 e. The van der Waals surface area contributed by atoms with Crippen LogP contribution in [0.3, 0.4) is 0 Å². The molecule has 114 valence electrons. The van der Waals surface area contributed by atoms with Crippen LogP contribution in [0, 0.1) is 0 Å². The van der Waals surface area contributed by atoms with Crippen molar-refractivity contribution in [2.75, 3.05) is 11.5 Å². The summed E-state index contributed by atoms with van der Waals surface area (Å²) >= 11 is 0. The van der Waals surface area contributed by atoms with Gasteiger partial charge in [0.15, 0.2) is 0 Å². The molecule has 2 N–H and O–H groups in total. The van der Waals surface area contributed by atoms with Gasteiger partial charge in [-0.2, -0.15) is 16.8 Å². The molecule has 0 saturated heterocycles. The van der Waals surface area contributed by atoms with Gasteiger partial charge in [-0.15, -0.1) is 0 Å². The van der Waals surface area contributed by atoms with E-state index in [4.69, 9.17) is 9.11 Å². The van der Waals surface area contributed by atoms with Crippen LogP contribution in [-0.4, -0.2) is 47.9 Å². The number of rotatable bonds is 9. The minimum atomic E-state index is -3.92. The topological polar surface area (TPSA) is 109 Å². The molecule has 0 spiro atoms.